The van der Waals surface area contributed by atoms with E-state index in [1.165, 1.54) is 0 Å². The van der Waals surface area contributed by atoms with Crippen molar-refractivity contribution in [2.45, 2.75) is 92.3 Å². The fraction of sp³-hybridized carbons (Fsp3) is 0.588. The van der Waals surface area contributed by atoms with Crippen molar-refractivity contribution < 1.29 is 19.2 Å². The van der Waals surface area contributed by atoms with Crippen LogP contribution in [0.25, 0.3) is 11.0 Å². The highest BCUT2D eigenvalue weighted by atomic mass is 16.2. The van der Waals surface area contributed by atoms with E-state index in [9.17, 15) is 24.0 Å². The average Bonchev–Trinajstić information content (AvgIpc) is 3.60. The SMILES string of the molecule is CC[C@H](C)[C@@H]1NC(=O)CCCN(C(=O)c2cc(CC(C)C)nn2CC)CCCNC(=O)c2ccc3[nH]c(=O)n(c3c2)CCCNC1=O. The molecule has 4 N–H and O–H groups in total. The van der Waals surface area contributed by atoms with E-state index in [-0.39, 0.29) is 41.7 Å². The van der Waals surface area contributed by atoms with Gasteiger partial charge in [-0.05, 0) is 68.7 Å². The van der Waals surface area contributed by atoms with E-state index in [2.05, 4.69) is 39.9 Å². The zero-order valence-electron chi connectivity index (χ0n) is 28.4. The van der Waals surface area contributed by atoms with Crippen LogP contribution in [-0.2, 0) is 29.1 Å². The molecule has 0 saturated heterocycles. The second-order valence-electron chi connectivity index (χ2n) is 12.8. The van der Waals surface area contributed by atoms with E-state index >= 15 is 0 Å². The molecular formula is C34H50N8O5. The van der Waals surface area contributed by atoms with Crippen LogP contribution in [0.4, 0.5) is 0 Å². The third-order valence-corrected chi connectivity index (χ3v) is 8.68. The molecule has 2 aromatic heterocycles. The Kier molecular flexibility index (Phi) is 12.4. The maximum Gasteiger partial charge on any atom is 0.326 e. The molecule has 3 aromatic rings. The first kappa shape index (κ1) is 35.4. The first-order valence-electron chi connectivity index (χ1n) is 17.0. The maximum absolute atomic E-state index is 13.9. The molecule has 13 nitrogen and oxygen atoms in total. The van der Waals surface area contributed by atoms with Gasteiger partial charge in [0.25, 0.3) is 11.8 Å². The van der Waals surface area contributed by atoms with Crippen LogP contribution >= 0.6 is 0 Å². The Bertz CT molecular complexity index is 1620. The number of hydrogen-bond donors (Lipinski definition) is 4. The highest BCUT2D eigenvalue weighted by Gasteiger charge is 2.26. The first-order chi connectivity index (χ1) is 22.5. The zero-order chi connectivity index (χ0) is 34.1. The number of benzene rings is 1. The topological polar surface area (TPSA) is 163 Å². The van der Waals surface area contributed by atoms with Gasteiger partial charge in [-0.25, -0.2) is 4.79 Å². The summed E-state index contributed by atoms with van der Waals surface area (Å²) in [6.07, 6.45) is 2.99. The minimum Gasteiger partial charge on any atom is -0.354 e. The number of nitrogens with zero attached hydrogens (tertiary/aromatic N) is 4. The number of aryl methyl sites for hydroxylation is 2. The van der Waals surface area contributed by atoms with Crippen LogP contribution in [-0.4, -0.2) is 80.1 Å². The molecule has 2 bridgehead atoms. The molecule has 256 valence electrons. The lowest BCUT2D eigenvalue weighted by molar-refractivity contribution is -0.130. The fourth-order valence-corrected chi connectivity index (χ4v) is 5.90. The number of fused-ring (bicyclic) bond motifs is 1. The third kappa shape index (κ3) is 9.11. The van der Waals surface area contributed by atoms with Crippen molar-refractivity contribution in [1.29, 1.82) is 0 Å². The van der Waals surface area contributed by atoms with Crippen molar-refractivity contribution in [2.24, 2.45) is 11.8 Å². The number of amides is 4. The molecule has 3 heterocycles. The summed E-state index contributed by atoms with van der Waals surface area (Å²) in [6, 6.07) is 6.22. The lowest BCUT2D eigenvalue weighted by Crippen LogP contribution is -2.50. The quantitative estimate of drug-likeness (QED) is 0.321. The molecule has 47 heavy (non-hydrogen) atoms. The van der Waals surface area contributed by atoms with E-state index in [0.717, 1.165) is 12.1 Å². The molecule has 0 fully saturated rings. The van der Waals surface area contributed by atoms with Gasteiger partial charge in [-0.3, -0.25) is 28.4 Å². The number of nitrogens with one attached hydrogen (secondary N) is 4. The molecule has 4 rings (SSSR count). The van der Waals surface area contributed by atoms with Crippen molar-refractivity contribution in [3.63, 3.8) is 0 Å². The van der Waals surface area contributed by atoms with Gasteiger partial charge in [-0.2, -0.15) is 5.10 Å². The predicted octanol–water partition coefficient (Wildman–Crippen LogP) is 2.84. The van der Waals surface area contributed by atoms with Gasteiger partial charge >= 0.3 is 5.69 Å². The van der Waals surface area contributed by atoms with Gasteiger partial charge in [0.1, 0.15) is 11.7 Å². The molecule has 1 aliphatic rings. The van der Waals surface area contributed by atoms with Crippen LogP contribution in [0, 0.1) is 11.8 Å². The van der Waals surface area contributed by atoms with Gasteiger partial charge in [0, 0.05) is 51.3 Å². The molecule has 1 aromatic carbocycles. The van der Waals surface area contributed by atoms with Gasteiger partial charge in [-0.1, -0.05) is 34.1 Å². The predicted molar refractivity (Wildman–Crippen MR) is 180 cm³/mol. The summed E-state index contributed by atoms with van der Waals surface area (Å²) >= 11 is 0. The summed E-state index contributed by atoms with van der Waals surface area (Å²) < 4.78 is 3.28. The summed E-state index contributed by atoms with van der Waals surface area (Å²) in [5.41, 5.74) is 2.71. The number of carbonyl (C=O) groups excluding carboxylic acids is 4. The molecule has 2 atom stereocenters. The summed E-state index contributed by atoms with van der Waals surface area (Å²) in [5, 5.41) is 13.4. The number of aromatic nitrogens is 4. The van der Waals surface area contributed by atoms with Crippen molar-refractivity contribution in [1.82, 2.24) is 40.2 Å². The second-order valence-corrected chi connectivity index (χ2v) is 12.8. The molecule has 0 aliphatic carbocycles. The Morgan fingerprint density at radius 3 is 2.40 bits per heavy atom. The Labute approximate surface area is 275 Å². The monoisotopic (exact) mass is 650 g/mol. The van der Waals surface area contributed by atoms with E-state index < -0.39 is 6.04 Å². The largest absolute Gasteiger partial charge is 0.354 e. The van der Waals surface area contributed by atoms with Crippen molar-refractivity contribution in [2.75, 3.05) is 26.2 Å². The molecule has 13 heteroatoms. The molecule has 0 unspecified atom stereocenters. The molecule has 4 amide bonds. The van der Waals surface area contributed by atoms with Crippen LogP contribution in [0.3, 0.4) is 0 Å². The van der Waals surface area contributed by atoms with Gasteiger partial charge in [0.2, 0.25) is 11.8 Å². The van der Waals surface area contributed by atoms with Crippen molar-refractivity contribution in [3.05, 3.63) is 51.7 Å². The standard InChI is InChI=1S/C34H50N8O5/c1-6-23(5)30-32(45)36-15-10-18-41-27-20-24(12-13-26(27)37-34(41)47)31(44)35-14-9-17-40(16-8-11-29(43)38-30)33(46)28-21-25(19-22(3)4)39-42(28)7-2/h12-13,20-23,30H,6-11,14-19H2,1-5H3,(H,35,44)(H,36,45)(H,37,47)(H,38,43)/t23-,30-/m0/s1. The van der Waals surface area contributed by atoms with E-state index in [1.807, 2.05) is 26.8 Å². The summed E-state index contributed by atoms with van der Waals surface area (Å²) in [6.45, 7) is 12.3. The Hall–Kier alpha value is -4.42. The maximum atomic E-state index is 13.9. The van der Waals surface area contributed by atoms with Crippen molar-refractivity contribution in [3.8, 4) is 0 Å². The minimum absolute atomic E-state index is 0.0901. The lowest BCUT2D eigenvalue weighted by atomic mass is 9.98. The van der Waals surface area contributed by atoms with Crippen LogP contribution in [0.15, 0.2) is 29.1 Å². The number of imidazole rings is 1. The van der Waals surface area contributed by atoms with Gasteiger partial charge in [0.05, 0.1) is 16.7 Å². The highest BCUT2D eigenvalue weighted by Crippen LogP contribution is 2.16. The van der Waals surface area contributed by atoms with E-state index in [0.29, 0.717) is 93.2 Å². The van der Waals surface area contributed by atoms with Crippen LogP contribution in [0.5, 0.6) is 0 Å². The summed E-state index contributed by atoms with van der Waals surface area (Å²) in [5.74, 6) is -0.681. The highest BCUT2D eigenvalue weighted by molar-refractivity contribution is 5.97. The third-order valence-electron chi connectivity index (χ3n) is 8.68. The Balaban J connectivity index is 1.58. The number of H-pyrrole nitrogens is 1. The number of aromatic amines is 1. The Morgan fingerprint density at radius 2 is 1.68 bits per heavy atom. The smallest absolute Gasteiger partial charge is 0.326 e. The zero-order valence-corrected chi connectivity index (χ0v) is 28.4. The fourth-order valence-electron chi connectivity index (χ4n) is 5.90. The number of hydrogen-bond acceptors (Lipinski definition) is 6. The Morgan fingerprint density at radius 1 is 0.957 bits per heavy atom. The lowest BCUT2D eigenvalue weighted by Gasteiger charge is -2.25. The van der Waals surface area contributed by atoms with Gasteiger partial charge in [-0.15, -0.1) is 0 Å². The molecule has 0 saturated carbocycles. The van der Waals surface area contributed by atoms with Gasteiger partial charge < -0.3 is 25.8 Å². The summed E-state index contributed by atoms with van der Waals surface area (Å²) in [7, 11) is 0. The molecular weight excluding hydrogens is 600 g/mol. The second kappa shape index (κ2) is 16.4. The van der Waals surface area contributed by atoms with Crippen LogP contribution in [0.1, 0.15) is 93.3 Å². The van der Waals surface area contributed by atoms with E-state index in [1.54, 1.807) is 32.3 Å². The normalized spacial score (nSPS) is 18.5. The molecule has 0 radical (unpaired) electrons. The average molecular weight is 651 g/mol. The minimum atomic E-state index is -0.701. The number of rotatable bonds is 6. The number of carbonyl (C=O) groups is 4. The van der Waals surface area contributed by atoms with Gasteiger partial charge in [0.15, 0.2) is 0 Å². The van der Waals surface area contributed by atoms with E-state index in [4.69, 9.17) is 0 Å². The van der Waals surface area contributed by atoms with Crippen LogP contribution in [0.2, 0.25) is 0 Å². The summed E-state index contributed by atoms with van der Waals surface area (Å²) in [4.78, 5) is 70.5. The van der Waals surface area contributed by atoms with Crippen molar-refractivity contribution >= 4 is 34.7 Å². The molecule has 1 aliphatic heterocycles. The first-order valence-corrected chi connectivity index (χ1v) is 17.0. The molecule has 0 spiro atoms. The van der Waals surface area contributed by atoms with Crippen LogP contribution < -0.4 is 21.6 Å².